The summed E-state index contributed by atoms with van der Waals surface area (Å²) in [5.41, 5.74) is 0.723. The van der Waals surface area contributed by atoms with Gasteiger partial charge in [0.15, 0.2) is 0 Å². The van der Waals surface area contributed by atoms with Gasteiger partial charge < -0.3 is 25.4 Å². The second-order valence-corrected chi connectivity index (χ2v) is 11.1. The van der Waals surface area contributed by atoms with E-state index in [0.29, 0.717) is 25.1 Å². The number of phenolic OH excluding ortho intramolecular Hbond substituents is 1. The summed E-state index contributed by atoms with van der Waals surface area (Å²) in [5.74, 6) is -0.586. The first-order valence-corrected chi connectivity index (χ1v) is 14.5. The van der Waals surface area contributed by atoms with E-state index >= 15 is 0 Å². The number of aromatic hydroxyl groups is 1. The minimum absolute atomic E-state index is 0.0725. The van der Waals surface area contributed by atoms with Gasteiger partial charge in [-0.1, -0.05) is 82.0 Å². The van der Waals surface area contributed by atoms with Crippen molar-refractivity contribution in [2.24, 2.45) is 0 Å². The fourth-order valence-electron chi connectivity index (χ4n) is 4.39. The van der Waals surface area contributed by atoms with Crippen LogP contribution in [0, 0.1) is 0 Å². The van der Waals surface area contributed by atoms with Gasteiger partial charge in [-0.05, 0) is 56.9 Å². The molecule has 0 heterocycles. The Balaban J connectivity index is 2.50. The van der Waals surface area contributed by atoms with Gasteiger partial charge in [0.2, 0.25) is 11.8 Å². The number of carbonyl (C=O) groups excluding carboxylic acids is 3. The van der Waals surface area contributed by atoms with Crippen molar-refractivity contribution in [1.29, 1.82) is 0 Å². The minimum Gasteiger partial charge on any atom is -0.508 e. The van der Waals surface area contributed by atoms with Gasteiger partial charge in [0.05, 0.1) is 0 Å². The quantitative estimate of drug-likeness (QED) is 0.238. The van der Waals surface area contributed by atoms with Crippen LogP contribution in [0.5, 0.6) is 5.75 Å². The number of rotatable bonds is 15. The lowest BCUT2D eigenvalue weighted by Crippen LogP contribution is -2.54. The zero-order chi connectivity index (χ0) is 29.5. The van der Waals surface area contributed by atoms with E-state index in [4.69, 9.17) is 4.74 Å². The van der Waals surface area contributed by atoms with Crippen molar-refractivity contribution in [1.82, 2.24) is 15.5 Å². The Bertz CT molecular complexity index is 1050. The molecule has 2 rings (SSSR count). The molecule has 0 spiro atoms. The average molecular weight is 554 g/mol. The van der Waals surface area contributed by atoms with Crippen LogP contribution in [0.2, 0.25) is 0 Å². The molecule has 3 N–H and O–H groups in total. The van der Waals surface area contributed by atoms with E-state index in [1.54, 1.807) is 37.8 Å². The van der Waals surface area contributed by atoms with E-state index in [9.17, 15) is 19.5 Å². The van der Waals surface area contributed by atoms with Crippen molar-refractivity contribution in [2.45, 2.75) is 97.2 Å². The first kappa shape index (κ1) is 32.7. The molecule has 0 fully saturated rings. The number of carbonyl (C=O) groups is 3. The molecule has 0 aliphatic carbocycles. The van der Waals surface area contributed by atoms with E-state index in [2.05, 4.69) is 17.6 Å². The van der Waals surface area contributed by atoms with Crippen molar-refractivity contribution in [3.05, 3.63) is 65.7 Å². The maximum atomic E-state index is 14.4. The number of hydrogen-bond donors (Lipinski definition) is 3. The zero-order valence-electron chi connectivity index (χ0n) is 24.7. The van der Waals surface area contributed by atoms with E-state index in [0.717, 1.165) is 37.7 Å². The Hall–Kier alpha value is -3.55. The average Bonchev–Trinajstić information content (AvgIpc) is 2.90. The van der Waals surface area contributed by atoms with Crippen LogP contribution in [-0.4, -0.2) is 52.6 Å². The van der Waals surface area contributed by atoms with Gasteiger partial charge in [-0.15, -0.1) is 0 Å². The van der Waals surface area contributed by atoms with E-state index in [-0.39, 0.29) is 24.0 Å². The smallest absolute Gasteiger partial charge is 0.408 e. The molecular weight excluding hydrogens is 506 g/mol. The molecule has 0 aliphatic rings. The fraction of sp³-hybridized carbons (Fsp3) is 0.531. The van der Waals surface area contributed by atoms with Crippen molar-refractivity contribution in [3.8, 4) is 5.75 Å². The first-order chi connectivity index (χ1) is 19.1. The summed E-state index contributed by atoms with van der Waals surface area (Å²) in [5, 5.41) is 15.7. The molecule has 0 saturated carbocycles. The van der Waals surface area contributed by atoms with Gasteiger partial charge in [0, 0.05) is 19.5 Å². The number of nitrogens with one attached hydrogen (secondary N) is 2. The van der Waals surface area contributed by atoms with Gasteiger partial charge in [0.1, 0.15) is 23.4 Å². The number of benzene rings is 2. The lowest BCUT2D eigenvalue weighted by molar-refractivity contribution is -0.142. The highest BCUT2D eigenvalue weighted by atomic mass is 16.6. The largest absolute Gasteiger partial charge is 0.508 e. The molecule has 0 bridgehead atoms. The topological polar surface area (TPSA) is 108 Å². The molecule has 220 valence electrons. The molecule has 3 amide bonds. The Labute approximate surface area is 239 Å². The number of phenols is 1. The van der Waals surface area contributed by atoms with Gasteiger partial charge >= 0.3 is 6.09 Å². The molecule has 0 aliphatic heterocycles. The second-order valence-electron chi connectivity index (χ2n) is 11.1. The lowest BCUT2D eigenvalue weighted by atomic mass is 9.99. The number of hydrogen-bond acceptors (Lipinski definition) is 5. The van der Waals surface area contributed by atoms with E-state index in [1.807, 2.05) is 37.3 Å². The van der Waals surface area contributed by atoms with Crippen molar-refractivity contribution < 1.29 is 24.2 Å². The van der Waals surface area contributed by atoms with Crippen LogP contribution in [0.15, 0.2) is 54.6 Å². The van der Waals surface area contributed by atoms with E-state index < -0.39 is 23.8 Å². The predicted octanol–water partition coefficient (Wildman–Crippen LogP) is 5.89. The minimum atomic E-state index is -0.952. The van der Waals surface area contributed by atoms with Crippen LogP contribution in [0.3, 0.4) is 0 Å². The molecule has 8 nitrogen and oxygen atoms in total. The summed E-state index contributed by atoms with van der Waals surface area (Å²) in [7, 11) is 0. The van der Waals surface area contributed by atoms with Crippen LogP contribution in [0.25, 0.3) is 0 Å². The third-order valence-corrected chi connectivity index (χ3v) is 6.41. The van der Waals surface area contributed by atoms with Gasteiger partial charge in [0.25, 0.3) is 0 Å². The maximum Gasteiger partial charge on any atom is 0.408 e. The van der Waals surface area contributed by atoms with Crippen LogP contribution in [-0.2, 0) is 20.7 Å². The molecule has 40 heavy (non-hydrogen) atoms. The van der Waals surface area contributed by atoms with Gasteiger partial charge in [-0.25, -0.2) is 4.79 Å². The fourth-order valence-corrected chi connectivity index (χ4v) is 4.39. The molecule has 2 atom stereocenters. The van der Waals surface area contributed by atoms with Crippen LogP contribution >= 0.6 is 0 Å². The highest BCUT2D eigenvalue weighted by Crippen LogP contribution is 2.26. The Morgan fingerprint density at radius 3 is 2.15 bits per heavy atom. The summed E-state index contributed by atoms with van der Waals surface area (Å²) in [6, 6.07) is 13.9. The highest BCUT2D eigenvalue weighted by Gasteiger charge is 2.36. The SMILES string of the molecule is CCCCCCN(C(=O)C(Cc1ccccc1)NC(=O)OC(C)(C)C)C(C(=O)NCCCC)c1ccc(O)cc1. The Kier molecular flexibility index (Phi) is 13.5. The van der Waals surface area contributed by atoms with Crippen molar-refractivity contribution >= 4 is 17.9 Å². The second kappa shape index (κ2) is 16.5. The summed E-state index contributed by atoms with van der Waals surface area (Å²) in [4.78, 5) is 42.4. The Morgan fingerprint density at radius 2 is 1.55 bits per heavy atom. The zero-order valence-corrected chi connectivity index (χ0v) is 24.7. The highest BCUT2D eigenvalue weighted by molar-refractivity contribution is 5.92. The third kappa shape index (κ3) is 11.3. The monoisotopic (exact) mass is 553 g/mol. The molecule has 0 saturated heterocycles. The van der Waals surface area contributed by atoms with E-state index in [1.165, 1.54) is 12.1 Å². The standard InChI is InChI=1S/C32H47N3O5/c1-6-8-10-14-22-35(28(29(37)33-21-9-7-2)25-17-19-26(36)20-18-25)30(38)27(23-24-15-12-11-13-16-24)34-31(39)40-32(3,4)5/h11-13,15-20,27-28,36H,6-10,14,21-23H2,1-5H3,(H,33,37)(H,34,39). The van der Waals surface area contributed by atoms with Crippen LogP contribution in [0.1, 0.15) is 90.3 Å². The third-order valence-electron chi connectivity index (χ3n) is 6.41. The molecule has 2 unspecified atom stereocenters. The molecule has 0 aromatic heterocycles. The molecule has 0 radical (unpaired) electrons. The number of unbranched alkanes of at least 4 members (excludes halogenated alkanes) is 4. The number of nitrogens with zero attached hydrogens (tertiary/aromatic N) is 1. The van der Waals surface area contributed by atoms with Gasteiger partial charge in [-0.3, -0.25) is 9.59 Å². The molecule has 2 aromatic carbocycles. The number of alkyl carbamates (subject to hydrolysis) is 1. The first-order valence-electron chi connectivity index (χ1n) is 14.5. The predicted molar refractivity (Wildman–Crippen MR) is 158 cm³/mol. The summed E-state index contributed by atoms with van der Waals surface area (Å²) >= 11 is 0. The summed E-state index contributed by atoms with van der Waals surface area (Å²) < 4.78 is 5.49. The van der Waals surface area contributed by atoms with Crippen molar-refractivity contribution in [3.63, 3.8) is 0 Å². The van der Waals surface area contributed by atoms with Crippen LogP contribution in [0.4, 0.5) is 4.79 Å². The molecule has 2 aromatic rings. The normalized spacial score (nSPS) is 12.7. The lowest BCUT2D eigenvalue weighted by Gasteiger charge is -2.34. The number of ether oxygens (including phenoxy) is 1. The Morgan fingerprint density at radius 1 is 0.900 bits per heavy atom. The number of amides is 3. The summed E-state index contributed by atoms with van der Waals surface area (Å²) in [6.07, 6.45) is 4.94. The van der Waals surface area contributed by atoms with Gasteiger partial charge in [-0.2, -0.15) is 0 Å². The molecule has 8 heteroatoms. The maximum absolute atomic E-state index is 14.4. The van der Waals surface area contributed by atoms with Crippen LogP contribution < -0.4 is 10.6 Å². The summed E-state index contributed by atoms with van der Waals surface area (Å²) in [6.45, 7) is 10.3. The molecular formula is C32H47N3O5. The van der Waals surface area contributed by atoms with Crippen molar-refractivity contribution in [2.75, 3.05) is 13.1 Å².